The van der Waals surface area contributed by atoms with Crippen molar-refractivity contribution in [1.29, 1.82) is 0 Å². The number of amides is 1. The van der Waals surface area contributed by atoms with Gasteiger partial charge in [-0.25, -0.2) is 0 Å². The molecule has 2 aromatic rings. The smallest absolute Gasteiger partial charge is 0.232 e. The fourth-order valence-corrected chi connectivity index (χ4v) is 2.84. The molecule has 0 bridgehead atoms. The number of halogens is 1. The fourth-order valence-electron chi connectivity index (χ4n) is 2.66. The maximum absolute atomic E-state index is 12.8. The minimum absolute atomic E-state index is 0.102. The lowest BCUT2D eigenvalue weighted by Gasteiger charge is -2.22. The van der Waals surface area contributed by atoms with Crippen molar-refractivity contribution in [1.82, 2.24) is 0 Å². The standard InChI is InChI=1S/C19H22ClNO3/c1-12(2)18(13-9-10-16(23-3)17(11-13)24-4)19(22)21-15-8-6-5-7-14(15)20/h5-12,18H,1-4H3,(H,21,22). The number of para-hydroxylation sites is 1. The van der Waals surface area contributed by atoms with E-state index >= 15 is 0 Å². The molecule has 4 nitrogen and oxygen atoms in total. The van der Waals surface area contributed by atoms with Crippen molar-refractivity contribution >= 4 is 23.2 Å². The number of ether oxygens (including phenoxy) is 2. The summed E-state index contributed by atoms with van der Waals surface area (Å²) in [5, 5.41) is 3.43. The normalized spacial score (nSPS) is 11.9. The number of methoxy groups -OCH3 is 2. The summed E-state index contributed by atoms with van der Waals surface area (Å²) in [6.45, 7) is 4.01. The average molecular weight is 348 g/mol. The van der Waals surface area contributed by atoms with Crippen molar-refractivity contribution in [2.75, 3.05) is 19.5 Å². The molecule has 1 amide bonds. The maximum Gasteiger partial charge on any atom is 0.232 e. The molecule has 0 fully saturated rings. The molecule has 1 atom stereocenters. The highest BCUT2D eigenvalue weighted by Crippen LogP contribution is 2.34. The van der Waals surface area contributed by atoms with Gasteiger partial charge in [-0.3, -0.25) is 4.79 Å². The molecule has 0 heterocycles. The lowest BCUT2D eigenvalue weighted by atomic mass is 9.87. The Balaban J connectivity index is 2.32. The summed E-state index contributed by atoms with van der Waals surface area (Å²) in [6, 6.07) is 12.7. The van der Waals surface area contributed by atoms with Crippen molar-refractivity contribution in [3.63, 3.8) is 0 Å². The van der Waals surface area contributed by atoms with Gasteiger partial charge in [0.1, 0.15) is 0 Å². The second kappa shape index (κ2) is 8.06. The minimum Gasteiger partial charge on any atom is -0.493 e. The van der Waals surface area contributed by atoms with E-state index in [4.69, 9.17) is 21.1 Å². The highest BCUT2D eigenvalue weighted by atomic mass is 35.5. The Bertz CT molecular complexity index is 716. The Kier molecular flexibility index (Phi) is 6.10. The molecule has 128 valence electrons. The molecule has 0 saturated heterocycles. The third-order valence-electron chi connectivity index (χ3n) is 3.85. The first-order valence-electron chi connectivity index (χ1n) is 7.75. The van der Waals surface area contributed by atoms with E-state index in [1.54, 1.807) is 26.4 Å². The first kappa shape index (κ1) is 18.1. The van der Waals surface area contributed by atoms with E-state index in [1.807, 2.05) is 44.2 Å². The van der Waals surface area contributed by atoms with Crippen LogP contribution in [0.4, 0.5) is 5.69 Å². The van der Waals surface area contributed by atoms with Gasteiger partial charge in [0, 0.05) is 0 Å². The third-order valence-corrected chi connectivity index (χ3v) is 4.18. The Labute approximate surface area is 147 Å². The summed E-state index contributed by atoms with van der Waals surface area (Å²) < 4.78 is 10.6. The van der Waals surface area contributed by atoms with E-state index in [-0.39, 0.29) is 17.7 Å². The zero-order valence-electron chi connectivity index (χ0n) is 14.3. The molecule has 2 rings (SSSR count). The number of rotatable bonds is 6. The summed E-state index contributed by atoms with van der Waals surface area (Å²) >= 11 is 6.13. The first-order valence-corrected chi connectivity index (χ1v) is 8.13. The predicted molar refractivity (Wildman–Crippen MR) is 97.2 cm³/mol. The number of benzene rings is 2. The number of anilines is 1. The topological polar surface area (TPSA) is 47.6 Å². The second-order valence-corrected chi connectivity index (χ2v) is 6.21. The van der Waals surface area contributed by atoms with E-state index in [9.17, 15) is 4.79 Å². The van der Waals surface area contributed by atoms with Crippen LogP contribution >= 0.6 is 11.6 Å². The van der Waals surface area contributed by atoms with Gasteiger partial charge in [0.25, 0.3) is 0 Å². The van der Waals surface area contributed by atoms with Gasteiger partial charge in [-0.05, 0) is 35.7 Å². The fraction of sp³-hybridized carbons (Fsp3) is 0.316. The average Bonchev–Trinajstić information content (AvgIpc) is 2.56. The monoisotopic (exact) mass is 347 g/mol. The molecule has 1 unspecified atom stereocenters. The molecule has 0 saturated carbocycles. The van der Waals surface area contributed by atoms with Crippen molar-refractivity contribution in [2.24, 2.45) is 5.92 Å². The van der Waals surface area contributed by atoms with Crippen LogP contribution in [-0.2, 0) is 4.79 Å². The number of hydrogen-bond acceptors (Lipinski definition) is 3. The van der Waals surface area contributed by atoms with Crippen LogP contribution in [0.25, 0.3) is 0 Å². The van der Waals surface area contributed by atoms with Crippen LogP contribution in [0, 0.1) is 5.92 Å². The predicted octanol–water partition coefficient (Wildman–Crippen LogP) is 4.74. The quantitative estimate of drug-likeness (QED) is 0.821. The molecule has 24 heavy (non-hydrogen) atoms. The van der Waals surface area contributed by atoms with Crippen LogP contribution in [-0.4, -0.2) is 20.1 Å². The number of hydrogen-bond donors (Lipinski definition) is 1. The highest BCUT2D eigenvalue weighted by Gasteiger charge is 2.26. The minimum atomic E-state index is -0.332. The molecule has 0 radical (unpaired) electrons. The zero-order valence-corrected chi connectivity index (χ0v) is 15.1. The Morgan fingerprint density at radius 1 is 1.04 bits per heavy atom. The van der Waals surface area contributed by atoms with E-state index in [1.165, 1.54) is 0 Å². The molecule has 5 heteroatoms. The number of nitrogens with one attached hydrogen (secondary N) is 1. The van der Waals surface area contributed by atoms with Crippen LogP contribution in [0.2, 0.25) is 5.02 Å². The largest absolute Gasteiger partial charge is 0.493 e. The first-order chi connectivity index (χ1) is 11.5. The van der Waals surface area contributed by atoms with Crippen LogP contribution < -0.4 is 14.8 Å². The summed E-state index contributed by atoms with van der Waals surface area (Å²) in [5.41, 5.74) is 1.47. The van der Waals surface area contributed by atoms with Crippen molar-refractivity contribution in [2.45, 2.75) is 19.8 Å². The molecule has 0 aliphatic rings. The van der Waals surface area contributed by atoms with Gasteiger partial charge in [0.15, 0.2) is 11.5 Å². The van der Waals surface area contributed by atoms with E-state index in [2.05, 4.69) is 5.32 Å². The summed E-state index contributed by atoms with van der Waals surface area (Å²) in [4.78, 5) is 12.8. The lowest BCUT2D eigenvalue weighted by Crippen LogP contribution is -2.25. The SMILES string of the molecule is COc1ccc(C(C(=O)Nc2ccccc2Cl)C(C)C)cc1OC. The van der Waals surface area contributed by atoms with Gasteiger partial charge >= 0.3 is 0 Å². The van der Waals surface area contributed by atoms with Gasteiger partial charge in [-0.15, -0.1) is 0 Å². The summed E-state index contributed by atoms with van der Waals surface area (Å²) in [7, 11) is 3.16. The molecule has 0 spiro atoms. The van der Waals surface area contributed by atoms with Gasteiger partial charge in [0.05, 0.1) is 30.8 Å². The zero-order chi connectivity index (χ0) is 17.7. The van der Waals surface area contributed by atoms with E-state index in [0.717, 1.165) is 5.56 Å². The molecular weight excluding hydrogens is 326 g/mol. The van der Waals surface area contributed by atoms with E-state index in [0.29, 0.717) is 22.2 Å². The Hall–Kier alpha value is -2.20. The van der Waals surface area contributed by atoms with Gasteiger partial charge in [-0.2, -0.15) is 0 Å². The third kappa shape index (κ3) is 4.01. The highest BCUT2D eigenvalue weighted by molar-refractivity contribution is 6.33. The van der Waals surface area contributed by atoms with Crippen LogP contribution in [0.5, 0.6) is 11.5 Å². The molecule has 1 N–H and O–H groups in total. The van der Waals surface area contributed by atoms with Crippen LogP contribution in [0.3, 0.4) is 0 Å². The molecule has 0 aliphatic carbocycles. The number of carbonyl (C=O) groups is 1. The second-order valence-electron chi connectivity index (χ2n) is 5.81. The maximum atomic E-state index is 12.8. The molecule has 2 aromatic carbocycles. The molecule has 0 aliphatic heterocycles. The Morgan fingerprint density at radius 3 is 2.29 bits per heavy atom. The molecule has 0 aromatic heterocycles. The van der Waals surface area contributed by atoms with Crippen molar-refractivity contribution < 1.29 is 14.3 Å². The molecular formula is C19H22ClNO3. The summed E-state index contributed by atoms with van der Waals surface area (Å²) in [5.74, 6) is 0.901. The summed E-state index contributed by atoms with van der Waals surface area (Å²) in [6.07, 6.45) is 0. The Morgan fingerprint density at radius 2 is 1.71 bits per heavy atom. The van der Waals surface area contributed by atoms with Gasteiger partial charge in [-0.1, -0.05) is 43.6 Å². The van der Waals surface area contributed by atoms with Crippen molar-refractivity contribution in [3.05, 3.63) is 53.1 Å². The van der Waals surface area contributed by atoms with Gasteiger partial charge < -0.3 is 14.8 Å². The van der Waals surface area contributed by atoms with Gasteiger partial charge in [0.2, 0.25) is 5.91 Å². The number of carbonyl (C=O) groups excluding carboxylic acids is 1. The van der Waals surface area contributed by atoms with Crippen LogP contribution in [0.15, 0.2) is 42.5 Å². The van der Waals surface area contributed by atoms with Crippen molar-refractivity contribution in [3.8, 4) is 11.5 Å². The van der Waals surface area contributed by atoms with Crippen LogP contribution in [0.1, 0.15) is 25.3 Å². The lowest BCUT2D eigenvalue weighted by molar-refractivity contribution is -0.118. The van der Waals surface area contributed by atoms with E-state index < -0.39 is 0 Å².